The molecule has 1 N–H and O–H groups in total. The normalized spacial score (nSPS) is 14.1. The standard InChI is InChI=1S/C8HBrClF2NO2/c9-2-3(10)6-1(4(11)5(2)12)7(14)8(15)13-6/h(H,13,14,15). The van der Waals surface area contributed by atoms with Crippen LogP contribution in [0.25, 0.3) is 0 Å². The Kier molecular flexibility index (Phi) is 2.27. The van der Waals surface area contributed by atoms with Crippen molar-refractivity contribution in [1.29, 1.82) is 0 Å². The summed E-state index contributed by atoms with van der Waals surface area (Å²) in [6.45, 7) is 0. The minimum atomic E-state index is -1.38. The molecule has 0 aromatic heterocycles. The van der Waals surface area contributed by atoms with Gasteiger partial charge in [0.25, 0.3) is 11.7 Å². The zero-order chi connectivity index (χ0) is 11.3. The maximum atomic E-state index is 13.3. The monoisotopic (exact) mass is 295 g/mol. The van der Waals surface area contributed by atoms with Crippen LogP contribution in [0.3, 0.4) is 0 Å². The molecule has 0 spiro atoms. The van der Waals surface area contributed by atoms with Gasteiger partial charge in [0.1, 0.15) is 0 Å². The summed E-state index contributed by atoms with van der Waals surface area (Å²) in [4.78, 5) is 22.1. The molecule has 7 heteroatoms. The Labute approximate surface area is 95.5 Å². The first-order chi connectivity index (χ1) is 6.95. The lowest BCUT2D eigenvalue weighted by atomic mass is 10.1. The van der Waals surface area contributed by atoms with E-state index < -0.39 is 28.9 Å². The molecular weight excluding hydrogens is 295 g/mol. The predicted molar refractivity (Wildman–Crippen MR) is 52.0 cm³/mol. The molecule has 0 atom stereocenters. The summed E-state index contributed by atoms with van der Waals surface area (Å²) in [5.41, 5.74) is -0.844. The summed E-state index contributed by atoms with van der Waals surface area (Å²) >= 11 is 8.34. The third kappa shape index (κ3) is 1.28. The molecule has 0 aliphatic carbocycles. The topological polar surface area (TPSA) is 46.2 Å². The van der Waals surface area contributed by atoms with Gasteiger partial charge < -0.3 is 5.32 Å². The van der Waals surface area contributed by atoms with Crippen LogP contribution in [0.2, 0.25) is 5.02 Å². The molecule has 0 unspecified atom stereocenters. The third-order valence-electron chi connectivity index (χ3n) is 1.94. The van der Waals surface area contributed by atoms with E-state index in [-0.39, 0.29) is 15.2 Å². The molecule has 1 aliphatic heterocycles. The Morgan fingerprint density at radius 2 is 1.80 bits per heavy atom. The molecule has 2 rings (SSSR count). The number of carbonyl (C=O) groups is 2. The molecular formula is C8HBrClF2NO2. The zero-order valence-corrected chi connectivity index (χ0v) is 9.17. The summed E-state index contributed by atoms with van der Waals surface area (Å²) in [7, 11) is 0. The van der Waals surface area contributed by atoms with Crippen LogP contribution in [-0.4, -0.2) is 11.7 Å². The maximum absolute atomic E-state index is 13.3. The number of benzene rings is 1. The largest absolute Gasteiger partial charge is 0.317 e. The molecule has 1 aliphatic rings. The molecule has 1 aromatic rings. The quantitative estimate of drug-likeness (QED) is 0.454. The van der Waals surface area contributed by atoms with E-state index in [1.807, 2.05) is 0 Å². The molecule has 3 nitrogen and oxygen atoms in total. The Balaban J connectivity index is 2.86. The number of halogens is 4. The van der Waals surface area contributed by atoms with Gasteiger partial charge in [0.15, 0.2) is 11.6 Å². The summed E-state index contributed by atoms with van der Waals surface area (Å²) in [5.74, 6) is -4.83. The average Bonchev–Trinajstić information content (AvgIpc) is 2.50. The molecule has 1 aromatic carbocycles. The first-order valence-corrected chi connectivity index (χ1v) is 4.84. The zero-order valence-electron chi connectivity index (χ0n) is 6.83. The maximum Gasteiger partial charge on any atom is 0.297 e. The van der Waals surface area contributed by atoms with E-state index in [1.54, 1.807) is 0 Å². The number of Topliss-reactive ketones (excluding diaryl/α,β-unsaturated/α-hetero) is 1. The van der Waals surface area contributed by atoms with E-state index >= 15 is 0 Å². The highest BCUT2D eigenvalue weighted by molar-refractivity contribution is 9.10. The van der Waals surface area contributed by atoms with Gasteiger partial charge >= 0.3 is 0 Å². The van der Waals surface area contributed by atoms with Gasteiger partial charge in [0.05, 0.1) is 20.7 Å². The summed E-state index contributed by atoms with van der Waals surface area (Å²) in [5, 5.41) is 1.83. The van der Waals surface area contributed by atoms with Crippen molar-refractivity contribution in [2.24, 2.45) is 0 Å². The number of ketones is 1. The fourth-order valence-corrected chi connectivity index (χ4v) is 1.84. The van der Waals surface area contributed by atoms with Crippen LogP contribution in [0.4, 0.5) is 14.5 Å². The van der Waals surface area contributed by atoms with Crippen molar-refractivity contribution in [1.82, 2.24) is 0 Å². The van der Waals surface area contributed by atoms with Crippen LogP contribution in [0, 0.1) is 11.6 Å². The summed E-state index contributed by atoms with van der Waals surface area (Å²) in [6.07, 6.45) is 0. The van der Waals surface area contributed by atoms with Crippen molar-refractivity contribution in [3.63, 3.8) is 0 Å². The van der Waals surface area contributed by atoms with E-state index in [1.165, 1.54) is 0 Å². The molecule has 1 amide bonds. The van der Waals surface area contributed by atoms with Gasteiger partial charge in [-0.2, -0.15) is 0 Å². The lowest BCUT2D eigenvalue weighted by molar-refractivity contribution is -0.112. The van der Waals surface area contributed by atoms with Crippen LogP contribution < -0.4 is 5.32 Å². The number of hydrogen-bond acceptors (Lipinski definition) is 2. The van der Waals surface area contributed by atoms with Crippen LogP contribution in [-0.2, 0) is 4.79 Å². The van der Waals surface area contributed by atoms with Gasteiger partial charge in [-0.15, -0.1) is 0 Å². The highest BCUT2D eigenvalue weighted by atomic mass is 79.9. The van der Waals surface area contributed by atoms with Crippen molar-refractivity contribution in [2.75, 3.05) is 5.32 Å². The number of carbonyl (C=O) groups excluding carboxylic acids is 2. The SMILES string of the molecule is O=C1Nc2c(Cl)c(Br)c(F)c(F)c2C1=O. The van der Waals surface area contributed by atoms with Gasteiger partial charge in [-0.25, -0.2) is 8.78 Å². The van der Waals surface area contributed by atoms with Gasteiger partial charge in [0, 0.05) is 0 Å². The number of amides is 1. The Morgan fingerprint density at radius 1 is 1.20 bits per heavy atom. The number of rotatable bonds is 0. The first-order valence-electron chi connectivity index (χ1n) is 3.66. The number of fused-ring (bicyclic) bond motifs is 1. The van der Waals surface area contributed by atoms with Crippen LogP contribution in [0.5, 0.6) is 0 Å². The van der Waals surface area contributed by atoms with Crippen LogP contribution in [0.15, 0.2) is 4.47 Å². The molecule has 0 bridgehead atoms. The van der Waals surface area contributed by atoms with Crippen LogP contribution >= 0.6 is 27.5 Å². The Hall–Kier alpha value is -1.01. The lowest BCUT2D eigenvalue weighted by Crippen LogP contribution is -2.13. The number of hydrogen-bond donors (Lipinski definition) is 1. The van der Waals surface area contributed by atoms with Crippen molar-refractivity contribution in [3.05, 3.63) is 26.7 Å². The fourth-order valence-electron chi connectivity index (χ4n) is 1.25. The van der Waals surface area contributed by atoms with Gasteiger partial charge in [-0.05, 0) is 15.9 Å². The second kappa shape index (κ2) is 3.24. The highest BCUT2D eigenvalue weighted by Crippen LogP contribution is 2.40. The van der Waals surface area contributed by atoms with Gasteiger partial charge in [-0.3, -0.25) is 9.59 Å². The smallest absolute Gasteiger partial charge is 0.297 e. The second-order valence-electron chi connectivity index (χ2n) is 2.79. The van der Waals surface area contributed by atoms with E-state index in [0.29, 0.717) is 0 Å². The lowest BCUT2D eigenvalue weighted by Gasteiger charge is -2.05. The highest BCUT2D eigenvalue weighted by Gasteiger charge is 2.36. The fraction of sp³-hybridized carbons (Fsp3) is 0. The van der Waals surface area contributed by atoms with E-state index in [9.17, 15) is 18.4 Å². The minimum Gasteiger partial charge on any atom is -0.317 e. The van der Waals surface area contributed by atoms with Gasteiger partial charge in [-0.1, -0.05) is 11.6 Å². The summed E-state index contributed by atoms with van der Waals surface area (Å²) in [6, 6.07) is 0. The number of nitrogens with one attached hydrogen (secondary N) is 1. The van der Waals surface area contributed by atoms with Crippen molar-refractivity contribution < 1.29 is 18.4 Å². The van der Waals surface area contributed by atoms with Crippen molar-refractivity contribution in [2.45, 2.75) is 0 Å². The Morgan fingerprint density at radius 3 is 2.40 bits per heavy atom. The molecule has 1 heterocycles. The minimum absolute atomic E-state index is 0.197. The molecule has 0 saturated heterocycles. The van der Waals surface area contributed by atoms with E-state index in [0.717, 1.165) is 0 Å². The van der Waals surface area contributed by atoms with E-state index in [2.05, 4.69) is 21.2 Å². The molecule has 0 saturated carbocycles. The van der Waals surface area contributed by atoms with Crippen molar-refractivity contribution in [3.8, 4) is 0 Å². The Bertz CT molecular complexity index is 518. The first kappa shape index (κ1) is 10.5. The van der Waals surface area contributed by atoms with Gasteiger partial charge in [0.2, 0.25) is 0 Å². The molecule has 15 heavy (non-hydrogen) atoms. The van der Waals surface area contributed by atoms with E-state index in [4.69, 9.17) is 11.6 Å². The molecule has 0 radical (unpaired) electrons. The summed E-state index contributed by atoms with van der Waals surface area (Å²) < 4.78 is 26.1. The molecule has 0 fully saturated rings. The number of anilines is 1. The second-order valence-corrected chi connectivity index (χ2v) is 3.96. The van der Waals surface area contributed by atoms with Crippen LogP contribution in [0.1, 0.15) is 10.4 Å². The molecule has 78 valence electrons. The third-order valence-corrected chi connectivity index (χ3v) is 3.29. The van der Waals surface area contributed by atoms with Crippen molar-refractivity contribution >= 4 is 44.9 Å². The average molecular weight is 296 g/mol. The predicted octanol–water partition coefficient (Wildman–Crippen LogP) is 2.52.